The van der Waals surface area contributed by atoms with E-state index in [2.05, 4.69) is 5.32 Å². The van der Waals surface area contributed by atoms with E-state index < -0.39 is 0 Å². The number of urea groups is 1. The zero-order valence-corrected chi connectivity index (χ0v) is 13.9. The van der Waals surface area contributed by atoms with Gasteiger partial charge < -0.3 is 19.7 Å². The third-order valence-electron chi connectivity index (χ3n) is 3.51. The first-order chi connectivity index (χ1) is 11.0. The van der Waals surface area contributed by atoms with E-state index in [1.807, 2.05) is 49.4 Å². The molecule has 0 spiro atoms. The largest absolute Gasteiger partial charge is 0.493 e. The van der Waals surface area contributed by atoms with Crippen molar-refractivity contribution in [3.8, 4) is 11.5 Å². The first-order valence-electron chi connectivity index (χ1n) is 7.33. The SMILES string of the molecule is COc1cccc(CN(C)C(=O)Nc2cccc(C)c2)c1OC. The van der Waals surface area contributed by atoms with Crippen molar-refractivity contribution in [3.05, 3.63) is 53.6 Å². The van der Waals surface area contributed by atoms with E-state index in [1.54, 1.807) is 26.2 Å². The zero-order chi connectivity index (χ0) is 16.8. The second-order valence-corrected chi connectivity index (χ2v) is 5.31. The number of aryl methyl sites for hydroxylation is 1. The lowest BCUT2D eigenvalue weighted by Crippen LogP contribution is -2.31. The van der Waals surface area contributed by atoms with E-state index in [0.29, 0.717) is 18.0 Å². The molecule has 1 N–H and O–H groups in total. The second-order valence-electron chi connectivity index (χ2n) is 5.31. The Hall–Kier alpha value is -2.69. The number of hydrogen-bond donors (Lipinski definition) is 1. The van der Waals surface area contributed by atoms with Gasteiger partial charge in [0.05, 0.1) is 20.8 Å². The van der Waals surface area contributed by atoms with Gasteiger partial charge in [0.2, 0.25) is 0 Å². The molecule has 0 aliphatic rings. The Balaban J connectivity index is 2.09. The van der Waals surface area contributed by atoms with Gasteiger partial charge in [0.25, 0.3) is 0 Å². The fourth-order valence-electron chi connectivity index (χ4n) is 2.35. The van der Waals surface area contributed by atoms with Crippen LogP contribution in [0, 0.1) is 6.92 Å². The summed E-state index contributed by atoms with van der Waals surface area (Å²) in [6, 6.07) is 13.1. The molecule has 2 aromatic carbocycles. The highest BCUT2D eigenvalue weighted by Gasteiger charge is 2.15. The Kier molecular flexibility index (Phi) is 5.46. The molecule has 122 valence electrons. The van der Waals surface area contributed by atoms with Crippen LogP contribution < -0.4 is 14.8 Å². The molecule has 5 heteroatoms. The van der Waals surface area contributed by atoms with Crippen LogP contribution in [0.2, 0.25) is 0 Å². The van der Waals surface area contributed by atoms with Gasteiger partial charge in [0, 0.05) is 18.3 Å². The van der Waals surface area contributed by atoms with Crippen LogP contribution in [0.4, 0.5) is 10.5 Å². The van der Waals surface area contributed by atoms with Crippen molar-refractivity contribution in [2.75, 3.05) is 26.6 Å². The minimum absolute atomic E-state index is 0.180. The fourth-order valence-corrected chi connectivity index (χ4v) is 2.35. The maximum absolute atomic E-state index is 12.3. The van der Waals surface area contributed by atoms with E-state index in [-0.39, 0.29) is 6.03 Å². The molecular weight excluding hydrogens is 292 g/mol. The number of nitrogens with one attached hydrogen (secondary N) is 1. The van der Waals surface area contributed by atoms with Gasteiger partial charge in [-0.1, -0.05) is 24.3 Å². The van der Waals surface area contributed by atoms with Crippen molar-refractivity contribution < 1.29 is 14.3 Å². The first-order valence-corrected chi connectivity index (χ1v) is 7.33. The molecular formula is C18H22N2O3. The summed E-state index contributed by atoms with van der Waals surface area (Å²) in [5.41, 5.74) is 2.76. The number of amides is 2. The van der Waals surface area contributed by atoms with Gasteiger partial charge in [-0.2, -0.15) is 0 Å². The van der Waals surface area contributed by atoms with E-state index >= 15 is 0 Å². The molecule has 0 bridgehead atoms. The molecule has 23 heavy (non-hydrogen) atoms. The van der Waals surface area contributed by atoms with Crippen molar-refractivity contribution in [1.29, 1.82) is 0 Å². The van der Waals surface area contributed by atoms with Crippen LogP contribution in [0.25, 0.3) is 0 Å². The summed E-state index contributed by atoms with van der Waals surface area (Å²) < 4.78 is 10.7. The molecule has 2 aromatic rings. The summed E-state index contributed by atoms with van der Waals surface area (Å²) in [6.07, 6.45) is 0. The Labute approximate surface area is 136 Å². The molecule has 5 nitrogen and oxygen atoms in total. The highest BCUT2D eigenvalue weighted by Crippen LogP contribution is 2.31. The van der Waals surface area contributed by atoms with Gasteiger partial charge in [-0.05, 0) is 30.7 Å². The number of ether oxygens (including phenoxy) is 2. The number of nitrogens with zero attached hydrogens (tertiary/aromatic N) is 1. The fraction of sp³-hybridized carbons (Fsp3) is 0.278. The van der Waals surface area contributed by atoms with Crippen LogP contribution >= 0.6 is 0 Å². The van der Waals surface area contributed by atoms with Gasteiger partial charge in [0.1, 0.15) is 0 Å². The molecule has 0 atom stereocenters. The third kappa shape index (κ3) is 4.16. The van der Waals surface area contributed by atoms with E-state index in [4.69, 9.17) is 9.47 Å². The average Bonchev–Trinajstić information content (AvgIpc) is 2.54. The molecule has 0 radical (unpaired) electrons. The minimum atomic E-state index is -0.180. The van der Waals surface area contributed by atoms with E-state index in [9.17, 15) is 4.79 Å². The summed E-state index contributed by atoms with van der Waals surface area (Å²) in [7, 11) is 4.92. The molecule has 0 unspecified atom stereocenters. The summed E-state index contributed by atoms with van der Waals surface area (Å²) in [4.78, 5) is 13.9. The van der Waals surface area contributed by atoms with Crippen LogP contribution in [-0.2, 0) is 6.54 Å². The van der Waals surface area contributed by atoms with Gasteiger partial charge in [0.15, 0.2) is 11.5 Å². The van der Waals surface area contributed by atoms with Crippen molar-refractivity contribution in [2.45, 2.75) is 13.5 Å². The molecule has 0 heterocycles. The number of rotatable bonds is 5. The number of hydrogen-bond acceptors (Lipinski definition) is 3. The Morgan fingerprint density at radius 2 is 1.87 bits per heavy atom. The molecule has 2 amide bonds. The molecule has 2 rings (SSSR count). The number of benzene rings is 2. The number of anilines is 1. The molecule has 0 saturated heterocycles. The standard InChI is InChI=1S/C18H22N2O3/c1-13-7-5-9-15(11-13)19-18(21)20(2)12-14-8-6-10-16(22-3)17(14)23-4/h5-11H,12H2,1-4H3,(H,19,21). The predicted molar refractivity (Wildman–Crippen MR) is 91.2 cm³/mol. The van der Waals surface area contributed by atoms with Crippen LogP contribution in [0.5, 0.6) is 11.5 Å². The van der Waals surface area contributed by atoms with Crippen LogP contribution in [-0.4, -0.2) is 32.2 Å². The lowest BCUT2D eigenvalue weighted by molar-refractivity contribution is 0.220. The van der Waals surface area contributed by atoms with E-state index in [0.717, 1.165) is 16.8 Å². The monoisotopic (exact) mass is 314 g/mol. The Morgan fingerprint density at radius 1 is 1.13 bits per heavy atom. The number of methoxy groups -OCH3 is 2. The minimum Gasteiger partial charge on any atom is -0.493 e. The highest BCUT2D eigenvalue weighted by molar-refractivity contribution is 5.89. The highest BCUT2D eigenvalue weighted by atomic mass is 16.5. The van der Waals surface area contributed by atoms with Crippen LogP contribution in [0.15, 0.2) is 42.5 Å². The van der Waals surface area contributed by atoms with Gasteiger partial charge in [-0.25, -0.2) is 4.79 Å². The Morgan fingerprint density at radius 3 is 2.52 bits per heavy atom. The molecule has 0 fully saturated rings. The third-order valence-corrected chi connectivity index (χ3v) is 3.51. The zero-order valence-electron chi connectivity index (χ0n) is 13.9. The molecule has 0 aliphatic carbocycles. The lowest BCUT2D eigenvalue weighted by atomic mass is 10.1. The maximum Gasteiger partial charge on any atom is 0.321 e. The normalized spacial score (nSPS) is 10.1. The van der Waals surface area contributed by atoms with Crippen LogP contribution in [0.3, 0.4) is 0 Å². The lowest BCUT2D eigenvalue weighted by Gasteiger charge is -2.20. The first kappa shape index (κ1) is 16.7. The molecule has 0 saturated carbocycles. The molecule has 0 aliphatic heterocycles. The van der Waals surface area contributed by atoms with Crippen LogP contribution in [0.1, 0.15) is 11.1 Å². The number of carbonyl (C=O) groups is 1. The quantitative estimate of drug-likeness (QED) is 0.916. The number of carbonyl (C=O) groups excluding carboxylic acids is 1. The topological polar surface area (TPSA) is 50.8 Å². The number of para-hydroxylation sites is 1. The second kappa shape index (κ2) is 7.54. The Bertz CT molecular complexity index is 686. The summed E-state index contributed by atoms with van der Waals surface area (Å²) in [5.74, 6) is 1.29. The van der Waals surface area contributed by atoms with Gasteiger partial charge >= 0.3 is 6.03 Å². The van der Waals surface area contributed by atoms with Crippen molar-refractivity contribution >= 4 is 11.7 Å². The van der Waals surface area contributed by atoms with Gasteiger partial charge in [-0.3, -0.25) is 0 Å². The summed E-state index contributed by atoms with van der Waals surface area (Å²) >= 11 is 0. The summed E-state index contributed by atoms with van der Waals surface area (Å²) in [6.45, 7) is 2.40. The summed E-state index contributed by atoms with van der Waals surface area (Å²) in [5, 5.41) is 2.88. The van der Waals surface area contributed by atoms with Crippen molar-refractivity contribution in [2.24, 2.45) is 0 Å². The van der Waals surface area contributed by atoms with Gasteiger partial charge in [-0.15, -0.1) is 0 Å². The average molecular weight is 314 g/mol. The van der Waals surface area contributed by atoms with Crippen molar-refractivity contribution in [1.82, 2.24) is 4.90 Å². The maximum atomic E-state index is 12.3. The smallest absolute Gasteiger partial charge is 0.321 e. The molecule has 0 aromatic heterocycles. The van der Waals surface area contributed by atoms with Crippen molar-refractivity contribution in [3.63, 3.8) is 0 Å². The van der Waals surface area contributed by atoms with E-state index in [1.165, 1.54) is 0 Å². The predicted octanol–water partition coefficient (Wildman–Crippen LogP) is 3.68.